The Labute approximate surface area is 149 Å². The predicted octanol–water partition coefficient (Wildman–Crippen LogP) is 4.24. The lowest BCUT2D eigenvalue weighted by molar-refractivity contribution is 0.101. The molecule has 2 aromatic carbocycles. The van der Waals surface area contributed by atoms with Gasteiger partial charge < -0.3 is 10.6 Å². The van der Waals surface area contributed by atoms with Crippen molar-refractivity contribution in [2.75, 3.05) is 10.6 Å². The van der Waals surface area contributed by atoms with Crippen LogP contribution in [0.2, 0.25) is 5.02 Å². The lowest BCUT2D eigenvalue weighted by atomic mass is 10.2. The molecule has 0 aliphatic carbocycles. The maximum Gasteiger partial charge on any atom is 0.257 e. The van der Waals surface area contributed by atoms with Gasteiger partial charge in [-0.2, -0.15) is 0 Å². The van der Waals surface area contributed by atoms with Gasteiger partial charge >= 0.3 is 0 Å². The maximum atomic E-state index is 12.4. The molecule has 1 heterocycles. The minimum atomic E-state index is -0.304. The van der Waals surface area contributed by atoms with Crippen LogP contribution in [0.25, 0.3) is 0 Å². The Kier molecular flexibility index (Phi) is 5.06. The SMILES string of the molecule is O=C(Nc1ccccc1NC(=O)c1cccnc1)c1ccc(Cl)cc1. The second-order valence-electron chi connectivity index (χ2n) is 5.20. The highest BCUT2D eigenvalue weighted by molar-refractivity contribution is 6.30. The fourth-order valence-electron chi connectivity index (χ4n) is 2.19. The second-order valence-corrected chi connectivity index (χ2v) is 5.64. The molecule has 1 aromatic heterocycles. The maximum absolute atomic E-state index is 12.4. The fourth-order valence-corrected chi connectivity index (χ4v) is 2.31. The number of nitrogens with one attached hydrogen (secondary N) is 2. The molecule has 2 amide bonds. The third-order valence-corrected chi connectivity index (χ3v) is 3.71. The summed E-state index contributed by atoms with van der Waals surface area (Å²) in [5.74, 6) is -0.596. The number of carbonyl (C=O) groups is 2. The summed E-state index contributed by atoms with van der Waals surface area (Å²) in [5, 5.41) is 6.12. The molecular formula is C19H14ClN3O2. The number of pyridine rings is 1. The topological polar surface area (TPSA) is 71.1 Å². The largest absolute Gasteiger partial charge is 0.320 e. The molecular weight excluding hydrogens is 338 g/mol. The molecule has 124 valence electrons. The summed E-state index contributed by atoms with van der Waals surface area (Å²) in [4.78, 5) is 28.6. The van der Waals surface area contributed by atoms with E-state index in [1.807, 2.05) is 0 Å². The number of carbonyl (C=O) groups excluding carboxylic acids is 2. The van der Waals surface area contributed by atoms with Crippen molar-refractivity contribution in [3.8, 4) is 0 Å². The second kappa shape index (κ2) is 7.59. The zero-order valence-electron chi connectivity index (χ0n) is 13.1. The molecule has 0 spiro atoms. The molecule has 0 aliphatic rings. The van der Waals surface area contributed by atoms with E-state index in [2.05, 4.69) is 15.6 Å². The zero-order chi connectivity index (χ0) is 17.6. The molecule has 0 radical (unpaired) electrons. The van der Waals surface area contributed by atoms with E-state index in [-0.39, 0.29) is 11.8 Å². The van der Waals surface area contributed by atoms with Crippen molar-refractivity contribution in [3.05, 3.63) is 89.2 Å². The van der Waals surface area contributed by atoms with Gasteiger partial charge in [0.05, 0.1) is 16.9 Å². The first-order valence-electron chi connectivity index (χ1n) is 7.51. The summed E-state index contributed by atoms with van der Waals surface area (Å²) in [7, 11) is 0. The number of amides is 2. The Morgan fingerprint density at radius 2 is 1.36 bits per heavy atom. The highest BCUT2D eigenvalue weighted by Crippen LogP contribution is 2.22. The summed E-state index contributed by atoms with van der Waals surface area (Å²) in [6.07, 6.45) is 3.07. The van der Waals surface area contributed by atoms with Crippen molar-refractivity contribution in [1.82, 2.24) is 4.98 Å². The molecule has 0 saturated carbocycles. The highest BCUT2D eigenvalue weighted by Gasteiger charge is 2.12. The van der Waals surface area contributed by atoms with Gasteiger partial charge in [0.1, 0.15) is 0 Å². The van der Waals surface area contributed by atoms with Gasteiger partial charge in [-0.3, -0.25) is 14.6 Å². The van der Waals surface area contributed by atoms with Crippen molar-refractivity contribution in [2.45, 2.75) is 0 Å². The molecule has 3 rings (SSSR count). The van der Waals surface area contributed by atoms with Crippen molar-refractivity contribution in [2.24, 2.45) is 0 Å². The van der Waals surface area contributed by atoms with Crippen LogP contribution in [0.4, 0.5) is 11.4 Å². The van der Waals surface area contributed by atoms with Gasteiger partial charge in [-0.1, -0.05) is 23.7 Å². The number of hydrogen-bond donors (Lipinski definition) is 2. The number of aromatic nitrogens is 1. The Morgan fingerprint density at radius 1 is 0.760 bits per heavy atom. The number of hydrogen-bond acceptors (Lipinski definition) is 3. The smallest absolute Gasteiger partial charge is 0.257 e. The van der Waals surface area contributed by atoms with E-state index in [0.717, 1.165) is 0 Å². The number of anilines is 2. The van der Waals surface area contributed by atoms with E-state index in [4.69, 9.17) is 11.6 Å². The molecule has 0 bridgehead atoms. The molecule has 0 atom stereocenters. The van der Waals surface area contributed by atoms with Gasteiger partial charge in [-0.25, -0.2) is 0 Å². The third-order valence-electron chi connectivity index (χ3n) is 3.45. The van der Waals surface area contributed by atoms with Gasteiger partial charge in [0.2, 0.25) is 0 Å². The molecule has 2 N–H and O–H groups in total. The van der Waals surface area contributed by atoms with Crippen LogP contribution >= 0.6 is 11.6 Å². The lowest BCUT2D eigenvalue weighted by Gasteiger charge is -2.12. The highest BCUT2D eigenvalue weighted by atomic mass is 35.5. The van der Waals surface area contributed by atoms with E-state index >= 15 is 0 Å². The lowest BCUT2D eigenvalue weighted by Crippen LogP contribution is -2.16. The van der Waals surface area contributed by atoms with Crippen LogP contribution in [0.3, 0.4) is 0 Å². The molecule has 25 heavy (non-hydrogen) atoms. The number of para-hydroxylation sites is 2. The number of rotatable bonds is 4. The number of halogens is 1. The van der Waals surface area contributed by atoms with Gasteiger partial charge in [-0.05, 0) is 48.5 Å². The third kappa shape index (κ3) is 4.22. The molecule has 0 aliphatic heterocycles. The van der Waals surface area contributed by atoms with Crippen molar-refractivity contribution in [1.29, 1.82) is 0 Å². The molecule has 0 saturated heterocycles. The Hall–Kier alpha value is -3.18. The summed E-state index contributed by atoms with van der Waals surface area (Å²) < 4.78 is 0. The average Bonchev–Trinajstić information content (AvgIpc) is 2.64. The van der Waals surface area contributed by atoms with Gasteiger partial charge in [0.25, 0.3) is 11.8 Å². The minimum Gasteiger partial charge on any atom is -0.320 e. The van der Waals surface area contributed by atoms with E-state index in [9.17, 15) is 9.59 Å². The summed E-state index contributed by atoms with van der Waals surface area (Å²) in [5.41, 5.74) is 1.90. The van der Waals surface area contributed by atoms with Crippen LogP contribution in [-0.2, 0) is 0 Å². The summed E-state index contributed by atoms with van der Waals surface area (Å²) in [6, 6.07) is 16.9. The Balaban J connectivity index is 1.78. The van der Waals surface area contributed by atoms with E-state index in [1.54, 1.807) is 66.9 Å². The first-order valence-corrected chi connectivity index (χ1v) is 7.88. The Bertz CT molecular complexity index is 896. The molecule has 5 nitrogen and oxygen atoms in total. The van der Waals surface area contributed by atoms with Crippen molar-refractivity contribution >= 4 is 34.8 Å². The van der Waals surface area contributed by atoms with E-state index < -0.39 is 0 Å². The molecule has 3 aromatic rings. The number of nitrogens with zero attached hydrogens (tertiary/aromatic N) is 1. The van der Waals surface area contributed by atoms with Crippen molar-refractivity contribution < 1.29 is 9.59 Å². The van der Waals surface area contributed by atoms with E-state index in [1.165, 1.54) is 6.20 Å². The fraction of sp³-hybridized carbons (Fsp3) is 0. The first-order chi connectivity index (χ1) is 12.1. The van der Waals surface area contributed by atoms with Crippen LogP contribution in [0, 0.1) is 0 Å². The summed E-state index contributed by atoms with van der Waals surface area (Å²) >= 11 is 5.83. The molecule has 6 heteroatoms. The van der Waals surface area contributed by atoms with Crippen LogP contribution in [0.15, 0.2) is 73.1 Å². The standard InChI is InChI=1S/C19H14ClN3O2/c20-15-9-7-13(8-10-15)18(24)22-16-5-1-2-6-17(16)23-19(25)14-4-3-11-21-12-14/h1-12H,(H,22,24)(H,23,25). The van der Waals surface area contributed by atoms with Gasteiger partial charge in [0, 0.05) is 23.0 Å². The van der Waals surface area contributed by atoms with Gasteiger partial charge in [0.15, 0.2) is 0 Å². The summed E-state index contributed by atoms with van der Waals surface area (Å²) in [6.45, 7) is 0. The molecule has 0 fully saturated rings. The Morgan fingerprint density at radius 3 is 1.92 bits per heavy atom. The first kappa shape index (κ1) is 16.7. The number of benzene rings is 2. The quantitative estimate of drug-likeness (QED) is 0.738. The predicted molar refractivity (Wildman–Crippen MR) is 98.0 cm³/mol. The van der Waals surface area contributed by atoms with Crippen LogP contribution < -0.4 is 10.6 Å². The normalized spacial score (nSPS) is 10.1. The molecule has 0 unspecified atom stereocenters. The zero-order valence-corrected chi connectivity index (χ0v) is 13.8. The van der Waals surface area contributed by atoms with Crippen LogP contribution in [0.5, 0.6) is 0 Å². The van der Waals surface area contributed by atoms with Crippen molar-refractivity contribution in [3.63, 3.8) is 0 Å². The van der Waals surface area contributed by atoms with Gasteiger partial charge in [-0.15, -0.1) is 0 Å². The monoisotopic (exact) mass is 351 g/mol. The average molecular weight is 352 g/mol. The van der Waals surface area contributed by atoms with Crippen LogP contribution in [0.1, 0.15) is 20.7 Å². The van der Waals surface area contributed by atoms with Crippen LogP contribution in [-0.4, -0.2) is 16.8 Å². The van der Waals surface area contributed by atoms with E-state index in [0.29, 0.717) is 27.5 Å². The minimum absolute atomic E-state index is 0.292.